The van der Waals surface area contributed by atoms with Gasteiger partial charge >= 0.3 is 0 Å². The lowest BCUT2D eigenvalue weighted by Gasteiger charge is -2.18. The summed E-state index contributed by atoms with van der Waals surface area (Å²) < 4.78 is 30.5. The molecule has 0 amide bonds. The number of aliphatic imine (C=N–C) groups is 1. The van der Waals surface area contributed by atoms with Gasteiger partial charge in [0.2, 0.25) is 10.0 Å². The van der Waals surface area contributed by atoms with E-state index in [2.05, 4.69) is 39.9 Å². The van der Waals surface area contributed by atoms with E-state index in [9.17, 15) is 8.42 Å². The van der Waals surface area contributed by atoms with Crippen LogP contribution in [-0.2, 0) is 10.0 Å². The number of ether oxygens (including phenoxy) is 1. The van der Waals surface area contributed by atoms with Crippen LogP contribution in [0.1, 0.15) is 19.8 Å². The molecule has 0 radical (unpaired) electrons. The molecule has 2 aromatic rings. The molecule has 9 heteroatoms. The Morgan fingerprint density at radius 3 is 2.37 bits per heavy atom. The van der Waals surface area contributed by atoms with Crippen LogP contribution in [0.3, 0.4) is 0 Å². The molecule has 2 aromatic carbocycles. The fraction of sp³-hybridized carbons (Fsp3) is 0.476. The summed E-state index contributed by atoms with van der Waals surface area (Å²) in [5, 5.41) is 8.83. The average molecular weight is 548 g/mol. The van der Waals surface area contributed by atoms with E-state index in [4.69, 9.17) is 4.74 Å². The number of halogens is 1. The Morgan fingerprint density at radius 2 is 1.73 bits per heavy atom. The number of fused-ring (bicyclic) bond motifs is 1. The van der Waals surface area contributed by atoms with E-state index in [1.54, 1.807) is 7.05 Å². The molecule has 0 saturated heterocycles. The van der Waals surface area contributed by atoms with Crippen LogP contribution in [0.4, 0.5) is 0 Å². The van der Waals surface area contributed by atoms with Crippen molar-refractivity contribution in [1.29, 1.82) is 0 Å². The summed E-state index contributed by atoms with van der Waals surface area (Å²) in [7, 11) is -1.41. The number of nitrogens with one attached hydrogen (secondary N) is 2. The monoisotopic (exact) mass is 548 g/mol. The van der Waals surface area contributed by atoms with Crippen LogP contribution in [0.5, 0.6) is 5.75 Å². The van der Waals surface area contributed by atoms with E-state index in [-0.39, 0.29) is 24.0 Å². The average Bonchev–Trinajstić information content (AvgIpc) is 2.70. The third-order valence-corrected chi connectivity index (χ3v) is 5.90. The van der Waals surface area contributed by atoms with Gasteiger partial charge < -0.3 is 15.4 Å². The summed E-state index contributed by atoms with van der Waals surface area (Å²) >= 11 is 0. The maximum absolute atomic E-state index is 11.6. The van der Waals surface area contributed by atoms with Crippen molar-refractivity contribution in [2.24, 2.45) is 4.99 Å². The lowest BCUT2D eigenvalue weighted by Crippen LogP contribution is -2.40. The fourth-order valence-corrected chi connectivity index (χ4v) is 3.90. The maximum Gasteiger partial charge on any atom is 0.211 e. The molecule has 2 N–H and O–H groups in total. The number of sulfonamides is 1. The van der Waals surface area contributed by atoms with Crippen LogP contribution in [-0.4, -0.2) is 64.8 Å². The summed E-state index contributed by atoms with van der Waals surface area (Å²) in [5.74, 6) is 1.58. The zero-order chi connectivity index (χ0) is 21.1. The quantitative estimate of drug-likeness (QED) is 0.195. The second-order valence-electron chi connectivity index (χ2n) is 6.74. The Labute approximate surface area is 197 Å². The van der Waals surface area contributed by atoms with E-state index >= 15 is 0 Å². The molecular weight excluding hydrogens is 515 g/mol. The first kappa shape index (κ1) is 26.4. The number of rotatable bonds is 11. The number of hydrogen-bond acceptors (Lipinski definition) is 4. The lowest BCUT2D eigenvalue weighted by atomic mass is 10.1. The first-order valence-electron chi connectivity index (χ1n) is 9.95. The Balaban J connectivity index is 0.00000450. The van der Waals surface area contributed by atoms with Crippen LogP contribution in [0.15, 0.2) is 47.5 Å². The van der Waals surface area contributed by atoms with Gasteiger partial charge in [-0.3, -0.25) is 4.99 Å². The second-order valence-corrected chi connectivity index (χ2v) is 8.73. The summed E-state index contributed by atoms with van der Waals surface area (Å²) in [4.78, 5) is 4.19. The standard InChI is InChI=1S/C21H32N4O3S.HI/c1-4-25(29(3,26)27)15-7-13-23-21(22-2)24-14-8-16-28-20-12-11-18-9-5-6-10-19(18)17-20;/h5-6,9-12,17H,4,7-8,13-16H2,1-3H3,(H2,22,23,24);1H. The molecule has 2 rings (SSSR count). The SMILES string of the molecule is CCN(CCCNC(=NC)NCCCOc1ccc2ccccc2c1)S(C)(=O)=O.I. The van der Waals surface area contributed by atoms with Crippen molar-refractivity contribution < 1.29 is 13.2 Å². The largest absolute Gasteiger partial charge is 0.494 e. The highest BCUT2D eigenvalue weighted by atomic mass is 127. The van der Waals surface area contributed by atoms with Gasteiger partial charge in [0.15, 0.2) is 5.96 Å². The van der Waals surface area contributed by atoms with Crippen molar-refractivity contribution in [3.63, 3.8) is 0 Å². The first-order chi connectivity index (χ1) is 13.9. The molecule has 0 bridgehead atoms. The minimum absolute atomic E-state index is 0. The molecule has 0 fully saturated rings. The zero-order valence-corrected chi connectivity index (χ0v) is 21.1. The van der Waals surface area contributed by atoms with Crippen molar-refractivity contribution >= 4 is 50.7 Å². The third kappa shape index (κ3) is 9.05. The van der Waals surface area contributed by atoms with Gasteiger partial charge in [0, 0.05) is 33.2 Å². The van der Waals surface area contributed by atoms with Crippen molar-refractivity contribution in [1.82, 2.24) is 14.9 Å². The molecule has 30 heavy (non-hydrogen) atoms. The zero-order valence-electron chi connectivity index (χ0n) is 17.9. The topological polar surface area (TPSA) is 83.0 Å². The summed E-state index contributed by atoms with van der Waals surface area (Å²) in [5.41, 5.74) is 0. The number of hydrogen-bond donors (Lipinski definition) is 2. The summed E-state index contributed by atoms with van der Waals surface area (Å²) in [6.07, 6.45) is 2.79. The van der Waals surface area contributed by atoms with Crippen molar-refractivity contribution in [3.8, 4) is 5.75 Å². The van der Waals surface area contributed by atoms with E-state index in [0.29, 0.717) is 38.6 Å². The van der Waals surface area contributed by atoms with Crippen molar-refractivity contribution in [2.75, 3.05) is 46.1 Å². The van der Waals surface area contributed by atoms with Gasteiger partial charge in [-0.25, -0.2) is 12.7 Å². The first-order valence-corrected chi connectivity index (χ1v) is 11.8. The Morgan fingerprint density at radius 1 is 1.07 bits per heavy atom. The molecule has 0 aliphatic carbocycles. The second kappa shape index (κ2) is 13.7. The van der Waals surface area contributed by atoms with Crippen LogP contribution < -0.4 is 15.4 Å². The predicted octanol–water partition coefficient (Wildman–Crippen LogP) is 3.06. The third-order valence-electron chi connectivity index (χ3n) is 4.53. The smallest absolute Gasteiger partial charge is 0.211 e. The molecule has 7 nitrogen and oxygen atoms in total. The maximum atomic E-state index is 11.6. The minimum atomic E-state index is -3.13. The van der Waals surface area contributed by atoms with Gasteiger partial charge in [0.25, 0.3) is 0 Å². The summed E-state index contributed by atoms with van der Waals surface area (Å²) in [6, 6.07) is 14.3. The Hall–Kier alpha value is -1.59. The highest BCUT2D eigenvalue weighted by Gasteiger charge is 2.13. The number of nitrogens with zero attached hydrogens (tertiary/aromatic N) is 2. The Bertz CT molecular complexity index is 906. The van der Waals surface area contributed by atoms with Crippen molar-refractivity contribution in [3.05, 3.63) is 42.5 Å². The van der Waals surface area contributed by atoms with E-state index < -0.39 is 10.0 Å². The fourth-order valence-electron chi connectivity index (χ4n) is 2.97. The molecule has 0 aliphatic rings. The number of guanidine groups is 1. The molecule has 0 saturated carbocycles. The van der Waals surface area contributed by atoms with Gasteiger partial charge in [0.05, 0.1) is 12.9 Å². The number of benzene rings is 2. The molecule has 0 unspecified atom stereocenters. The van der Waals surface area contributed by atoms with E-state index in [1.807, 2.05) is 25.1 Å². The van der Waals surface area contributed by atoms with Crippen LogP contribution >= 0.6 is 24.0 Å². The Kier molecular flexibility index (Phi) is 12.0. The van der Waals surface area contributed by atoms with Gasteiger partial charge in [-0.2, -0.15) is 0 Å². The van der Waals surface area contributed by atoms with Crippen molar-refractivity contribution in [2.45, 2.75) is 19.8 Å². The molecular formula is C21H33IN4O3S. The lowest BCUT2D eigenvalue weighted by molar-refractivity contribution is 0.311. The van der Waals surface area contributed by atoms with E-state index in [0.717, 1.165) is 18.7 Å². The van der Waals surface area contributed by atoms with E-state index in [1.165, 1.54) is 21.3 Å². The normalized spacial score (nSPS) is 11.9. The van der Waals surface area contributed by atoms with Crippen LogP contribution in [0, 0.1) is 0 Å². The molecule has 0 atom stereocenters. The minimum Gasteiger partial charge on any atom is -0.494 e. The summed E-state index contributed by atoms with van der Waals surface area (Å²) in [6.45, 7) is 4.83. The van der Waals surface area contributed by atoms with Crippen LogP contribution in [0.2, 0.25) is 0 Å². The molecule has 0 heterocycles. The van der Waals surface area contributed by atoms with Gasteiger partial charge in [-0.15, -0.1) is 24.0 Å². The van der Waals surface area contributed by atoms with Gasteiger partial charge in [-0.05, 0) is 35.7 Å². The highest BCUT2D eigenvalue weighted by molar-refractivity contribution is 14.0. The van der Waals surface area contributed by atoms with Crippen LogP contribution in [0.25, 0.3) is 10.8 Å². The van der Waals surface area contributed by atoms with Gasteiger partial charge in [0.1, 0.15) is 5.75 Å². The van der Waals surface area contributed by atoms with Gasteiger partial charge in [-0.1, -0.05) is 37.3 Å². The highest BCUT2D eigenvalue weighted by Crippen LogP contribution is 2.20. The predicted molar refractivity (Wildman–Crippen MR) is 136 cm³/mol. The molecule has 0 spiro atoms. The molecule has 0 aliphatic heterocycles. The molecule has 168 valence electrons. The molecule has 0 aromatic heterocycles.